The minimum absolute atomic E-state index is 0.127. The summed E-state index contributed by atoms with van der Waals surface area (Å²) in [5, 5.41) is 8.93. The molecule has 21 heavy (non-hydrogen) atoms. The fourth-order valence-electron chi connectivity index (χ4n) is 2.14. The molecule has 0 saturated heterocycles. The van der Waals surface area contributed by atoms with Gasteiger partial charge in [-0.1, -0.05) is 45.8 Å². The van der Waals surface area contributed by atoms with Gasteiger partial charge in [-0.05, 0) is 36.8 Å². The molecule has 2 aromatic rings. The molecule has 110 valence electrons. The van der Waals surface area contributed by atoms with Crippen molar-refractivity contribution in [3.63, 3.8) is 0 Å². The number of hydrogen-bond donors (Lipinski definition) is 1. The molecule has 0 atom stereocenters. The van der Waals surface area contributed by atoms with E-state index in [9.17, 15) is 4.79 Å². The molecule has 0 aliphatic carbocycles. The van der Waals surface area contributed by atoms with Crippen LogP contribution in [0.3, 0.4) is 0 Å². The topological polar surface area (TPSA) is 40.5 Å². The largest absolute Gasteiger partial charge is 0.481 e. The molecule has 0 saturated carbocycles. The highest BCUT2D eigenvalue weighted by Gasteiger charge is 2.10. The maximum absolute atomic E-state index is 10.9. The zero-order chi connectivity index (χ0) is 15.2. The van der Waals surface area contributed by atoms with Gasteiger partial charge in [-0.3, -0.25) is 4.79 Å². The van der Waals surface area contributed by atoms with E-state index in [-0.39, 0.29) is 6.42 Å². The molecule has 1 N–H and O–H groups in total. The van der Waals surface area contributed by atoms with Gasteiger partial charge in [0.15, 0.2) is 0 Å². The monoisotopic (exact) mass is 347 g/mol. The van der Waals surface area contributed by atoms with Crippen molar-refractivity contribution in [2.24, 2.45) is 0 Å². The number of carboxylic acids is 1. The van der Waals surface area contributed by atoms with Crippen LogP contribution in [0.5, 0.6) is 0 Å². The molecular weight excluding hydrogens is 330 g/mol. The first-order chi connectivity index (χ1) is 10.0. The molecule has 0 spiro atoms. The van der Waals surface area contributed by atoms with Gasteiger partial charge in [-0.25, -0.2) is 0 Å². The van der Waals surface area contributed by atoms with Gasteiger partial charge in [0.1, 0.15) is 0 Å². The van der Waals surface area contributed by atoms with Crippen molar-refractivity contribution in [3.8, 4) is 0 Å². The van der Waals surface area contributed by atoms with Crippen LogP contribution in [0.1, 0.15) is 17.5 Å². The normalized spacial score (nSPS) is 10.4. The van der Waals surface area contributed by atoms with Gasteiger partial charge in [0.05, 0.1) is 6.42 Å². The third kappa shape index (κ3) is 4.90. The fraction of sp³-hybridized carbons (Fsp3) is 0.235. The first-order valence-corrected chi connectivity index (χ1v) is 7.62. The highest BCUT2D eigenvalue weighted by Crippen LogP contribution is 2.20. The molecule has 2 rings (SSSR count). The van der Waals surface area contributed by atoms with Crippen molar-refractivity contribution in [1.82, 2.24) is 0 Å². The summed E-state index contributed by atoms with van der Waals surface area (Å²) in [7, 11) is 0. The second kappa shape index (κ2) is 7.27. The molecule has 3 nitrogen and oxygen atoms in total. The van der Waals surface area contributed by atoms with Crippen molar-refractivity contribution < 1.29 is 9.90 Å². The van der Waals surface area contributed by atoms with Crippen molar-refractivity contribution in [2.45, 2.75) is 19.9 Å². The standard InChI is InChI=1S/C17H18BrNO2/c1-13-5-7-16(8-6-13)19(10-9-17(20)21)12-14-3-2-4-15(18)11-14/h2-8,11H,9-10,12H2,1H3,(H,20,21). The average molecular weight is 348 g/mol. The van der Waals surface area contributed by atoms with Crippen LogP contribution in [0.15, 0.2) is 53.0 Å². The van der Waals surface area contributed by atoms with Crippen LogP contribution in [0.2, 0.25) is 0 Å². The Labute approximate surface area is 133 Å². The Bertz CT molecular complexity index is 610. The molecule has 0 radical (unpaired) electrons. The lowest BCUT2D eigenvalue weighted by molar-refractivity contribution is -0.136. The number of nitrogens with zero attached hydrogens (tertiary/aromatic N) is 1. The van der Waals surface area contributed by atoms with Crippen LogP contribution in [0.4, 0.5) is 5.69 Å². The molecule has 4 heteroatoms. The molecule has 0 aromatic heterocycles. The number of aliphatic carboxylic acids is 1. The van der Waals surface area contributed by atoms with E-state index in [0.717, 1.165) is 15.7 Å². The Morgan fingerprint density at radius 1 is 1.19 bits per heavy atom. The zero-order valence-electron chi connectivity index (χ0n) is 11.9. The van der Waals surface area contributed by atoms with Crippen molar-refractivity contribution in [3.05, 3.63) is 64.1 Å². The first kappa shape index (κ1) is 15.6. The van der Waals surface area contributed by atoms with E-state index in [1.54, 1.807) is 0 Å². The van der Waals surface area contributed by atoms with E-state index in [1.807, 2.05) is 49.4 Å². The number of carbonyl (C=O) groups is 1. The number of anilines is 1. The molecule has 0 aliphatic rings. The molecule has 2 aromatic carbocycles. The van der Waals surface area contributed by atoms with Crippen LogP contribution in [-0.2, 0) is 11.3 Å². The van der Waals surface area contributed by atoms with Gasteiger partial charge >= 0.3 is 5.97 Å². The summed E-state index contributed by atoms with van der Waals surface area (Å²) in [6, 6.07) is 16.2. The molecule has 0 bridgehead atoms. The number of hydrogen-bond acceptors (Lipinski definition) is 2. The van der Waals surface area contributed by atoms with Crippen LogP contribution < -0.4 is 4.90 Å². The number of carboxylic acid groups (broad SMARTS) is 1. The summed E-state index contributed by atoms with van der Waals surface area (Å²) in [6.07, 6.45) is 0.127. The van der Waals surface area contributed by atoms with Crippen LogP contribution in [0.25, 0.3) is 0 Å². The van der Waals surface area contributed by atoms with Gasteiger partial charge in [0, 0.05) is 23.2 Å². The summed E-state index contributed by atoms with van der Waals surface area (Å²) < 4.78 is 1.03. The summed E-state index contributed by atoms with van der Waals surface area (Å²) in [4.78, 5) is 13.0. The molecule has 0 heterocycles. The van der Waals surface area contributed by atoms with Gasteiger partial charge < -0.3 is 10.0 Å². The van der Waals surface area contributed by atoms with Gasteiger partial charge in [-0.2, -0.15) is 0 Å². The minimum atomic E-state index is -0.777. The zero-order valence-corrected chi connectivity index (χ0v) is 13.5. The number of halogens is 1. The predicted molar refractivity (Wildman–Crippen MR) is 88.6 cm³/mol. The van der Waals surface area contributed by atoms with E-state index in [1.165, 1.54) is 5.56 Å². The average Bonchev–Trinajstić information content (AvgIpc) is 2.44. The molecule has 0 amide bonds. The SMILES string of the molecule is Cc1ccc(N(CCC(=O)O)Cc2cccc(Br)c2)cc1. The van der Waals surface area contributed by atoms with E-state index in [0.29, 0.717) is 13.1 Å². The van der Waals surface area contributed by atoms with Crippen molar-refractivity contribution in [1.29, 1.82) is 0 Å². The number of aryl methyl sites for hydroxylation is 1. The summed E-state index contributed by atoms with van der Waals surface area (Å²) in [5.74, 6) is -0.777. The van der Waals surface area contributed by atoms with E-state index < -0.39 is 5.97 Å². The second-order valence-electron chi connectivity index (χ2n) is 5.03. The quantitative estimate of drug-likeness (QED) is 0.849. The number of benzene rings is 2. The third-order valence-electron chi connectivity index (χ3n) is 3.26. The maximum atomic E-state index is 10.9. The Hall–Kier alpha value is -1.81. The van der Waals surface area contributed by atoms with Crippen LogP contribution >= 0.6 is 15.9 Å². The smallest absolute Gasteiger partial charge is 0.305 e. The minimum Gasteiger partial charge on any atom is -0.481 e. The highest BCUT2D eigenvalue weighted by atomic mass is 79.9. The Balaban J connectivity index is 2.19. The van der Waals surface area contributed by atoms with Crippen molar-refractivity contribution in [2.75, 3.05) is 11.4 Å². The molecule has 0 aliphatic heterocycles. The van der Waals surface area contributed by atoms with E-state index in [2.05, 4.69) is 26.9 Å². The van der Waals surface area contributed by atoms with Gasteiger partial charge in [-0.15, -0.1) is 0 Å². The number of rotatable bonds is 6. The third-order valence-corrected chi connectivity index (χ3v) is 3.75. The van der Waals surface area contributed by atoms with Crippen LogP contribution in [0, 0.1) is 6.92 Å². The van der Waals surface area contributed by atoms with Gasteiger partial charge in [0.2, 0.25) is 0 Å². The maximum Gasteiger partial charge on any atom is 0.305 e. The lowest BCUT2D eigenvalue weighted by Gasteiger charge is -2.24. The highest BCUT2D eigenvalue weighted by molar-refractivity contribution is 9.10. The lowest BCUT2D eigenvalue weighted by atomic mass is 10.1. The second-order valence-corrected chi connectivity index (χ2v) is 5.95. The Morgan fingerprint density at radius 3 is 2.52 bits per heavy atom. The van der Waals surface area contributed by atoms with Crippen LogP contribution in [-0.4, -0.2) is 17.6 Å². The van der Waals surface area contributed by atoms with E-state index in [4.69, 9.17) is 5.11 Å². The Morgan fingerprint density at radius 2 is 1.90 bits per heavy atom. The lowest BCUT2D eigenvalue weighted by Crippen LogP contribution is -2.25. The molecule has 0 unspecified atom stereocenters. The fourth-order valence-corrected chi connectivity index (χ4v) is 2.59. The summed E-state index contributed by atoms with van der Waals surface area (Å²) >= 11 is 3.47. The summed E-state index contributed by atoms with van der Waals surface area (Å²) in [6.45, 7) is 3.22. The molecular formula is C17H18BrNO2. The summed E-state index contributed by atoms with van der Waals surface area (Å²) in [5.41, 5.74) is 3.39. The Kier molecular flexibility index (Phi) is 5.39. The van der Waals surface area contributed by atoms with E-state index >= 15 is 0 Å². The van der Waals surface area contributed by atoms with Gasteiger partial charge in [0.25, 0.3) is 0 Å². The van der Waals surface area contributed by atoms with Crippen molar-refractivity contribution >= 4 is 27.6 Å². The predicted octanol–water partition coefficient (Wildman–Crippen LogP) is 4.24. The first-order valence-electron chi connectivity index (χ1n) is 6.82. The molecule has 0 fully saturated rings.